The first kappa shape index (κ1) is 21.3. The molecule has 0 radical (unpaired) electrons. The van der Waals surface area contributed by atoms with E-state index in [1.54, 1.807) is 17.9 Å². The number of carbonyl (C=O) groups excluding carboxylic acids is 1. The maximum atomic E-state index is 11.3. The second-order valence-electron chi connectivity index (χ2n) is 5.43. The van der Waals surface area contributed by atoms with E-state index >= 15 is 0 Å². The lowest BCUT2D eigenvalue weighted by Crippen LogP contribution is -2.29. The Morgan fingerprint density at radius 3 is 2.18 bits per heavy atom. The van der Waals surface area contributed by atoms with Gasteiger partial charge < -0.3 is 19.4 Å². The SMILES string of the molecule is C=CCN(CCCCCCCCCOCP(=O)(O)O)C(C)=O. The first-order chi connectivity index (χ1) is 10.4. The smallest absolute Gasteiger partial charge is 0.350 e. The second kappa shape index (κ2) is 12.8. The minimum Gasteiger partial charge on any atom is -0.369 e. The Balaban J connectivity index is 3.35. The van der Waals surface area contributed by atoms with E-state index < -0.39 is 13.9 Å². The van der Waals surface area contributed by atoms with E-state index in [0.717, 1.165) is 51.5 Å². The third kappa shape index (κ3) is 14.3. The van der Waals surface area contributed by atoms with E-state index in [1.165, 1.54) is 0 Å². The molecule has 6 nitrogen and oxygen atoms in total. The number of carbonyl (C=O) groups is 1. The van der Waals surface area contributed by atoms with Crippen molar-refractivity contribution in [2.45, 2.75) is 51.9 Å². The van der Waals surface area contributed by atoms with Crippen LogP contribution in [0, 0.1) is 0 Å². The molecule has 2 N–H and O–H groups in total. The van der Waals surface area contributed by atoms with Crippen molar-refractivity contribution in [2.75, 3.05) is 26.0 Å². The van der Waals surface area contributed by atoms with Crippen LogP contribution in [0.2, 0.25) is 0 Å². The van der Waals surface area contributed by atoms with E-state index in [4.69, 9.17) is 14.5 Å². The predicted molar refractivity (Wildman–Crippen MR) is 87.6 cm³/mol. The summed E-state index contributed by atoms with van der Waals surface area (Å²) < 4.78 is 15.4. The molecule has 0 aromatic rings. The molecule has 0 atom stereocenters. The number of rotatable bonds is 14. The molecule has 0 aliphatic heterocycles. The highest BCUT2D eigenvalue weighted by Crippen LogP contribution is 2.33. The van der Waals surface area contributed by atoms with Gasteiger partial charge in [-0.2, -0.15) is 0 Å². The third-order valence-corrected chi connectivity index (χ3v) is 3.79. The number of ether oxygens (including phenoxy) is 1. The van der Waals surface area contributed by atoms with Crippen LogP contribution in [0.1, 0.15) is 51.9 Å². The molecule has 0 spiro atoms. The number of unbranched alkanes of at least 4 members (excludes halogenated alkanes) is 6. The molecule has 1 amide bonds. The average Bonchev–Trinajstić information content (AvgIpc) is 2.42. The van der Waals surface area contributed by atoms with Crippen molar-refractivity contribution < 1.29 is 23.9 Å². The van der Waals surface area contributed by atoms with Crippen molar-refractivity contribution in [3.63, 3.8) is 0 Å². The lowest BCUT2D eigenvalue weighted by molar-refractivity contribution is -0.128. The van der Waals surface area contributed by atoms with Crippen molar-refractivity contribution in [1.29, 1.82) is 0 Å². The van der Waals surface area contributed by atoms with Gasteiger partial charge in [-0.05, 0) is 12.8 Å². The Morgan fingerprint density at radius 2 is 1.68 bits per heavy atom. The molecule has 0 heterocycles. The first-order valence-electron chi connectivity index (χ1n) is 7.85. The van der Waals surface area contributed by atoms with Gasteiger partial charge in [-0.3, -0.25) is 9.36 Å². The summed E-state index contributed by atoms with van der Waals surface area (Å²) in [6.45, 7) is 7.04. The summed E-state index contributed by atoms with van der Waals surface area (Å²) in [6, 6.07) is 0. The number of hydrogen-bond acceptors (Lipinski definition) is 3. The molecule has 22 heavy (non-hydrogen) atoms. The zero-order chi connectivity index (χ0) is 16.8. The van der Waals surface area contributed by atoms with Gasteiger partial charge in [0.2, 0.25) is 5.91 Å². The van der Waals surface area contributed by atoms with Crippen LogP contribution >= 0.6 is 7.60 Å². The molecule has 0 rings (SSSR count). The fourth-order valence-corrected chi connectivity index (χ4v) is 2.47. The summed E-state index contributed by atoms with van der Waals surface area (Å²) in [4.78, 5) is 30.3. The van der Waals surface area contributed by atoms with Crippen LogP contribution in [-0.2, 0) is 14.1 Å². The standard InChI is InChI=1S/C15H30NO5P/c1-3-11-16(15(2)17)12-9-7-5-4-6-8-10-13-21-14-22(18,19)20/h3H,1,4-14H2,2H3,(H2,18,19,20). The van der Waals surface area contributed by atoms with Crippen LogP contribution in [-0.4, -0.2) is 46.6 Å². The van der Waals surface area contributed by atoms with Crippen molar-refractivity contribution >= 4 is 13.5 Å². The zero-order valence-corrected chi connectivity index (χ0v) is 14.5. The van der Waals surface area contributed by atoms with E-state index in [1.807, 2.05) is 0 Å². The molecule has 130 valence electrons. The van der Waals surface area contributed by atoms with E-state index in [2.05, 4.69) is 6.58 Å². The van der Waals surface area contributed by atoms with Crippen molar-refractivity contribution in [1.82, 2.24) is 4.90 Å². The summed E-state index contributed by atoms with van der Waals surface area (Å²) in [5.41, 5.74) is 0. The molecule has 0 bridgehead atoms. The highest BCUT2D eigenvalue weighted by molar-refractivity contribution is 7.51. The van der Waals surface area contributed by atoms with Gasteiger partial charge in [-0.25, -0.2) is 0 Å². The zero-order valence-electron chi connectivity index (χ0n) is 13.6. The lowest BCUT2D eigenvalue weighted by atomic mass is 10.1. The molecule has 0 saturated heterocycles. The summed E-state index contributed by atoms with van der Waals surface area (Å²) in [6.07, 6.45) is 8.61. The van der Waals surface area contributed by atoms with Crippen LogP contribution in [0.5, 0.6) is 0 Å². The average molecular weight is 335 g/mol. The molecular weight excluding hydrogens is 305 g/mol. The van der Waals surface area contributed by atoms with Gasteiger partial charge in [0.25, 0.3) is 0 Å². The Kier molecular flexibility index (Phi) is 12.4. The summed E-state index contributed by atoms with van der Waals surface area (Å²) in [5.74, 6) is 0.0928. The first-order valence-corrected chi connectivity index (χ1v) is 9.65. The van der Waals surface area contributed by atoms with Gasteiger partial charge in [0, 0.05) is 26.6 Å². The Morgan fingerprint density at radius 1 is 1.14 bits per heavy atom. The van der Waals surface area contributed by atoms with Crippen LogP contribution in [0.25, 0.3) is 0 Å². The molecule has 0 aromatic heterocycles. The maximum Gasteiger partial charge on any atom is 0.350 e. The Labute approximate surface area is 133 Å². The minimum absolute atomic E-state index is 0.0928. The number of nitrogens with zero attached hydrogens (tertiary/aromatic N) is 1. The predicted octanol–water partition coefficient (Wildman–Crippen LogP) is 2.90. The highest BCUT2D eigenvalue weighted by Gasteiger charge is 2.11. The lowest BCUT2D eigenvalue weighted by Gasteiger charge is -2.18. The summed E-state index contributed by atoms with van der Waals surface area (Å²) >= 11 is 0. The van der Waals surface area contributed by atoms with Gasteiger partial charge >= 0.3 is 7.60 Å². The second-order valence-corrected chi connectivity index (χ2v) is 7.02. The minimum atomic E-state index is -4.02. The van der Waals surface area contributed by atoms with Gasteiger partial charge in [-0.15, -0.1) is 6.58 Å². The van der Waals surface area contributed by atoms with Crippen molar-refractivity contribution in [2.24, 2.45) is 0 Å². The quantitative estimate of drug-likeness (QED) is 0.289. The summed E-state index contributed by atoms with van der Waals surface area (Å²) in [7, 11) is -4.02. The molecule has 0 aromatic carbocycles. The van der Waals surface area contributed by atoms with E-state index in [-0.39, 0.29) is 5.91 Å². The maximum absolute atomic E-state index is 11.3. The fraction of sp³-hybridized carbons (Fsp3) is 0.800. The molecule has 0 fully saturated rings. The van der Waals surface area contributed by atoms with Gasteiger partial charge in [-0.1, -0.05) is 38.2 Å². The number of amides is 1. The monoisotopic (exact) mass is 335 g/mol. The topological polar surface area (TPSA) is 87.1 Å². The largest absolute Gasteiger partial charge is 0.369 e. The van der Waals surface area contributed by atoms with Crippen LogP contribution in [0.15, 0.2) is 12.7 Å². The molecule has 0 aliphatic rings. The fourth-order valence-electron chi connectivity index (χ4n) is 2.11. The number of hydrogen-bond donors (Lipinski definition) is 2. The van der Waals surface area contributed by atoms with Gasteiger partial charge in [0.15, 0.2) is 0 Å². The van der Waals surface area contributed by atoms with Gasteiger partial charge in [0.05, 0.1) is 0 Å². The molecular formula is C15H30NO5P. The van der Waals surface area contributed by atoms with E-state index in [0.29, 0.717) is 13.2 Å². The van der Waals surface area contributed by atoms with Crippen molar-refractivity contribution in [3.8, 4) is 0 Å². The molecule has 0 unspecified atom stereocenters. The molecule has 7 heteroatoms. The molecule has 0 aliphatic carbocycles. The third-order valence-electron chi connectivity index (χ3n) is 3.27. The van der Waals surface area contributed by atoms with Crippen molar-refractivity contribution in [3.05, 3.63) is 12.7 Å². The Hall–Kier alpha value is -0.680. The van der Waals surface area contributed by atoms with E-state index in [9.17, 15) is 9.36 Å². The molecule has 0 saturated carbocycles. The van der Waals surface area contributed by atoms with Gasteiger partial charge in [0.1, 0.15) is 6.35 Å². The van der Waals surface area contributed by atoms with Crippen LogP contribution in [0.4, 0.5) is 0 Å². The van der Waals surface area contributed by atoms with Crippen LogP contribution in [0.3, 0.4) is 0 Å². The normalized spacial score (nSPS) is 11.4. The van der Waals surface area contributed by atoms with Crippen LogP contribution < -0.4 is 0 Å². The Bertz CT molecular complexity index is 356. The highest BCUT2D eigenvalue weighted by atomic mass is 31.2. The summed E-state index contributed by atoms with van der Waals surface area (Å²) in [5, 5.41) is 0.